The number of amides is 1. The molecular weight excluding hydrogens is 346 g/mol. The van der Waals surface area contributed by atoms with E-state index in [1.165, 1.54) is 0 Å². The van der Waals surface area contributed by atoms with Gasteiger partial charge in [-0.2, -0.15) is 0 Å². The van der Waals surface area contributed by atoms with Crippen molar-refractivity contribution >= 4 is 35.3 Å². The van der Waals surface area contributed by atoms with Crippen LogP contribution in [-0.2, 0) is 0 Å². The monoisotopic (exact) mass is 359 g/mol. The second kappa shape index (κ2) is 7.51. The molecule has 7 heteroatoms. The smallest absolute Gasteiger partial charge is 0.322 e. The normalized spacial score (nSPS) is 10.6. The number of aromatic nitrogens is 2. The summed E-state index contributed by atoms with van der Waals surface area (Å²) in [4.78, 5) is 13.3. The van der Waals surface area contributed by atoms with Crippen LogP contribution < -0.4 is 5.32 Å². The lowest BCUT2D eigenvalue weighted by molar-refractivity contribution is 0.102. The molecule has 1 amide bonds. The fourth-order valence-corrected chi connectivity index (χ4v) is 2.98. The van der Waals surface area contributed by atoms with Gasteiger partial charge in [0.05, 0.1) is 0 Å². The van der Waals surface area contributed by atoms with E-state index in [0.717, 1.165) is 10.6 Å². The quantitative estimate of drug-likeness (QED) is 0.665. The van der Waals surface area contributed by atoms with Crippen LogP contribution in [0.4, 0.5) is 6.01 Å². The Kier molecular flexibility index (Phi) is 5.17. The fraction of sp³-hybridized carbons (Fsp3) is 0.118. The first kappa shape index (κ1) is 16.5. The van der Waals surface area contributed by atoms with Crippen molar-refractivity contribution in [3.05, 3.63) is 59.1 Å². The molecule has 0 bridgehead atoms. The number of nitrogens with zero attached hydrogens (tertiary/aromatic N) is 2. The number of rotatable bonds is 5. The number of benzene rings is 2. The topological polar surface area (TPSA) is 68.0 Å². The average Bonchev–Trinajstić information content (AvgIpc) is 3.04. The third-order valence-electron chi connectivity index (χ3n) is 3.12. The zero-order valence-electron chi connectivity index (χ0n) is 12.8. The van der Waals surface area contributed by atoms with Crippen LogP contribution in [0.3, 0.4) is 0 Å². The molecule has 0 fully saturated rings. The first-order valence-corrected chi connectivity index (χ1v) is 8.65. The molecule has 2 aromatic carbocycles. The van der Waals surface area contributed by atoms with E-state index in [1.54, 1.807) is 42.1 Å². The van der Waals surface area contributed by atoms with Gasteiger partial charge in [0.15, 0.2) is 0 Å². The number of anilines is 1. The van der Waals surface area contributed by atoms with Crippen molar-refractivity contribution in [3.63, 3.8) is 0 Å². The average molecular weight is 360 g/mol. The zero-order valence-corrected chi connectivity index (χ0v) is 14.4. The number of hydrogen-bond acceptors (Lipinski definition) is 5. The Morgan fingerprint density at radius 1 is 1.21 bits per heavy atom. The summed E-state index contributed by atoms with van der Waals surface area (Å²) in [5.74, 6) is 0.940. The summed E-state index contributed by atoms with van der Waals surface area (Å²) in [5, 5.41) is 11.0. The van der Waals surface area contributed by atoms with E-state index in [2.05, 4.69) is 22.4 Å². The molecule has 0 spiro atoms. The second-order valence-corrected chi connectivity index (χ2v) is 6.61. The maximum Gasteiger partial charge on any atom is 0.322 e. The van der Waals surface area contributed by atoms with Gasteiger partial charge in [0, 0.05) is 21.0 Å². The van der Waals surface area contributed by atoms with Crippen LogP contribution >= 0.6 is 23.4 Å². The largest absolute Gasteiger partial charge is 0.403 e. The zero-order chi connectivity index (χ0) is 16.9. The van der Waals surface area contributed by atoms with Crippen LogP contribution in [0.25, 0.3) is 11.5 Å². The van der Waals surface area contributed by atoms with Gasteiger partial charge in [-0.15, -0.1) is 16.9 Å². The SMILES string of the molecule is CCSc1cccc(C(=O)Nc2nnc(-c3cccc(Cl)c3)o2)c1. The molecule has 5 nitrogen and oxygen atoms in total. The van der Waals surface area contributed by atoms with E-state index in [0.29, 0.717) is 22.0 Å². The molecule has 0 unspecified atom stereocenters. The molecule has 0 aliphatic rings. The summed E-state index contributed by atoms with van der Waals surface area (Å²) in [6, 6.07) is 14.5. The summed E-state index contributed by atoms with van der Waals surface area (Å²) >= 11 is 7.62. The molecule has 24 heavy (non-hydrogen) atoms. The molecule has 0 saturated heterocycles. The molecule has 1 heterocycles. The summed E-state index contributed by atoms with van der Waals surface area (Å²) in [7, 11) is 0. The van der Waals surface area contributed by atoms with Crippen LogP contribution in [-0.4, -0.2) is 21.9 Å². The highest BCUT2D eigenvalue weighted by Gasteiger charge is 2.13. The molecule has 1 aromatic heterocycles. The highest BCUT2D eigenvalue weighted by atomic mass is 35.5. The van der Waals surface area contributed by atoms with Gasteiger partial charge in [0.2, 0.25) is 5.89 Å². The number of nitrogens with one attached hydrogen (secondary N) is 1. The Morgan fingerprint density at radius 3 is 2.83 bits per heavy atom. The van der Waals surface area contributed by atoms with Crippen molar-refractivity contribution in [3.8, 4) is 11.5 Å². The molecule has 122 valence electrons. The van der Waals surface area contributed by atoms with Gasteiger partial charge in [-0.25, -0.2) is 0 Å². The second-order valence-electron chi connectivity index (χ2n) is 4.84. The van der Waals surface area contributed by atoms with E-state index in [4.69, 9.17) is 16.0 Å². The van der Waals surface area contributed by atoms with Crippen molar-refractivity contribution < 1.29 is 9.21 Å². The minimum atomic E-state index is -0.296. The summed E-state index contributed by atoms with van der Waals surface area (Å²) in [5.41, 5.74) is 1.23. The molecule has 3 rings (SSSR count). The fourth-order valence-electron chi connectivity index (χ4n) is 2.07. The maximum atomic E-state index is 12.3. The minimum absolute atomic E-state index is 0.0449. The number of carbonyl (C=O) groups is 1. The van der Waals surface area contributed by atoms with E-state index >= 15 is 0 Å². The Hall–Kier alpha value is -2.31. The lowest BCUT2D eigenvalue weighted by Gasteiger charge is -2.03. The predicted octanol–water partition coefficient (Wildman–Crippen LogP) is 4.75. The lowest BCUT2D eigenvalue weighted by Crippen LogP contribution is -2.12. The van der Waals surface area contributed by atoms with Gasteiger partial charge >= 0.3 is 6.01 Å². The number of halogens is 1. The van der Waals surface area contributed by atoms with Crippen molar-refractivity contribution in [2.45, 2.75) is 11.8 Å². The van der Waals surface area contributed by atoms with Crippen LogP contribution in [0.5, 0.6) is 0 Å². The van der Waals surface area contributed by atoms with Crippen molar-refractivity contribution in [2.24, 2.45) is 0 Å². The first-order chi connectivity index (χ1) is 11.7. The minimum Gasteiger partial charge on any atom is -0.403 e. The summed E-state index contributed by atoms with van der Waals surface area (Å²) in [6.07, 6.45) is 0. The van der Waals surface area contributed by atoms with Crippen molar-refractivity contribution in [1.29, 1.82) is 0 Å². The highest BCUT2D eigenvalue weighted by molar-refractivity contribution is 7.99. The van der Waals surface area contributed by atoms with Gasteiger partial charge < -0.3 is 4.42 Å². The predicted molar refractivity (Wildman–Crippen MR) is 95.5 cm³/mol. The third kappa shape index (κ3) is 3.96. The summed E-state index contributed by atoms with van der Waals surface area (Å²) < 4.78 is 5.48. The summed E-state index contributed by atoms with van der Waals surface area (Å²) in [6.45, 7) is 2.06. The molecular formula is C17H14ClN3O2S. The van der Waals surface area contributed by atoms with Crippen LogP contribution in [0.2, 0.25) is 5.02 Å². The molecule has 0 aliphatic heterocycles. The van der Waals surface area contributed by atoms with Gasteiger partial charge in [-0.1, -0.05) is 35.8 Å². The third-order valence-corrected chi connectivity index (χ3v) is 4.24. The first-order valence-electron chi connectivity index (χ1n) is 7.29. The molecule has 0 radical (unpaired) electrons. The Balaban J connectivity index is 1.75. The van der Waals surface area contributed by atoms with Gasteiger partial charge in [-0.05, 0) is 42.2 Å². The van der Waals surface area contributed by atoms with E-state index < -0.39 is 0 Å². The van der Waals surface area contributed by atoms with Gasteiger partial charge in [0.25, 0.3) is 5.91 Å². The Bertz CT molecular complexity index is 866. The highest BCUT2D eigenvalue weighted by Crippen LogP contribution is 2.23. The van der Waals surface area contributed by atoms with Crippen LogP contribution in [0.15, 0.2) is 57.8 Å². The van der Waals surface area contributed by atoms with Crippen LogP contribution in [0, 0.1) is 0 Å². The lowest BCUT2D eigenvalue weighted by atomic mass is 10.2. The Labute approximate surface area is 148 Å². The standard InChI is InChI=1S/C17H14ClN3O2S/c1-2-24-14-8-4-5-11(10-14)15(22)19-17-21-20-16(23-17)12-6-3-7-13(18)9-12/h3-10H,2H2,1H3,(H,19,21,22). The van der Waals surface area contributed by atoms with Crippen molar-refractivity contribution in [2.75, 3.05) is 11.1 Å². The number of carbonyl (C=O) groups excluding carboxylic acids is 1. The molecule has 0 atom stereocenters. The molecule has 0 aliphatic carbocycles. The number of hydrogen-bond donors (Lipinski definition) is 1. The van der Waals surface area contributed by atoms with E-state index in [-0.39, 0.29) is 11.9 Å². The maximum absolute atomic E-state index is 12.3. The van der Waals surface area contributed by atoms with Gasteiger partial charge in [0.1, 0.15) is 0 Å². The Morgan fingerprint density at radius 2 is 2.04 bits per heavy atom. The number of thioether (sulfide) groups is 1. The molecule has 1 N–H and O–H groups in total. The van der Waals surface area contributed by atoms with Crippen LogP contribution in [0.1, 0.15) is 17.3 Å². The van der Waals surface area contributed by atoms with E-state index in [9.17, 15) is 4.79 Å². The van der Waals surface area contributed by atoms with Crippen molar-refractivity contribution in [1.82, 2.24) is 10.2 Å². The molecule has 0 saturated carbocycles. The van der Waals surface area contributed by atoms with E-state index in [1.807, 2.05) is 18.2 Å². The van der Waals surface area contributed by atoms with Gasteiger partial charge in [-0.3, -0.25) is 10.1 Å². The molecule has 3 aromatic rings.